The Morgan fingerprint density at radius 1 is 1.45 bits per heavy atom. The number of fused-ring (bicyclic) bond motifs is 1. The maximum atomic E-state index is 12.4. The van der Waals surface area contributed by atoms with E-state index in [1.165, 1.54) is 12.0 Å². The Hall–Kier alpha value is -1.64. The number of aromatic nitrogens is 2. The van der Waals surface area contributed by atoms with Gasteiger partial charge in [-0.1, -0.05) is 18.5 Å². The molecule has 0 spiro atoms. The van der Waals surface area contributed by atoms with Crippen molar-refractivity contribution >= 4 is 51.2 Å². The van der Waals surface area contributed by atoms with E-state index in [2.05, 4.69) is 22.7 Å². The summed E-state index contributed by atoms with van der Waals surface area (Å²) in [6, 6.07) is 0. The van der Waals surface area contributed by atoms with Crippen LogP contribution in [-0.4, -0.2) is 34.5 Å². The van der Waals surface area contributed by atoms with Crippen LogP contribution >= 0.6 is 35.2 Å². The van der Waals surface area contributed by atoms with Gasteiger partial charge in [-0.05, 0) is 63.2 Å². The lowest BCUT2D eigenvalue weighted by atomic mass is 9.88. The number of carbonyl (C=O) groups is 1. The molecule has 1 aliphatic carbocycles. The number of nitrogens with zero attached hydrogens (tertiary/aromatic N) is 2. The quantitative estimate of drug-likeness (QED) is 0.380. The number of anilines is 1. The molecule has 1 atom stereocenters. The Kier molecular flexibility index (Phi) is 7.19. The topological polar surface area (TPSA) is 68.2 Å². The molecule has 2 N–H and O–H groups in total. The van der Waals surface area contributed by atoms with Crippen LogP contribution in [0.3, 0.4) is 0 Å². The van der Waals surface area contributed by atoms with Crippen LogP contribution in [0.1, 0.15) is 52.0 Å². The molecule has 1 aliphatic rings. The largest absolute Gasteiger partial charge is 0.465 e. The van der Waals surface area contributed by atoms with Gasteiger partial charge in [0.25, 0.3) is 0 Å². The SMILES string of the molecule is COC(=O)c1c(NC(=S)NCCCn2nc(C)c(Cl)c2C)sc2c1CCC(C)C2. The highest BCUT2D eigenvalue weighted by Gasteiger charge is 2.28. The third-order valence-corrected chi connectivity index (χ3v) is 7.22. The normalized spacial score (nSPS) is 15.7. The number of halogens is 1. The smallest absolute Gasteiger partial charge is 0.341 e. The highest BCUT2D eigenvalue weighted by atomic mass is 35.5. The zero-order chi connectivity index (χ0) is 21.1. The van der Waals surface area contributed by atoms with Crippen molar-refractivity contribution in [3.63, 3.8) is 0 Å². The number of methoxy groups -OCH3 is 1. The lowest BCUT2D eigenvalue weighted by molar-refractivity contribution is 0.0601. The van der Waals surface area contributed by atoms with E-state index in [0.717, 1.165) is 59.2 Å². The molecule has 1 unspecified atom stereocenters. The summed E-state index contributed by atoms with van der Waals surface area (Å²) in [6.45, 7) is 7.57. The van der Waals surface area contributed by atoms with Crippen molar-refractivity contribution in [2.75, 3.05) is 19.0 Å². The molecule has 0 saturated heterocycles. The fourth-order valence-electron chi connectivity index (χ4n) is 3.63. The molecule has 29 heavy (non-hydrogen) atoms. The van der Waals surface area contributed by atoms with Gasteiger partial charge in [0, 0.05) is 18.0 Å². The molecule has 9 heteroatoms. The van der Waals surface area contributed by atoms with Gasteiger partial charge in [-0.2, -0.15) is 5.10 Å². The summed E-state index contributed by atoms with van der Waals surface area (Å²) < 4.78 is 6.94. The zero-order valence-electron chi connectivity index (χ0n) is 17.2. The fraction of sp³-hybridized carbons (Fsp3) is 0.550. The van der Waals surface area contributed by atoms with E-state index in [-0.39, 0.29) is 5.97 Å². The summed E-state index contributed by atoms with van der Waals surface area (Å²) in [4.78, 5) is 13.6. The molecule has 2 aromatic rings. The Morgan fingerprint density at radius 2 is 2.21 bits per heavy atom. The predicted molar refractivity (Wildman–Crippen MR) is 122 cm³/mol. The van der Waals surface area contributed by atoms with Crippen LogP contribution in [0, 0.1) is 19.8 Å². The summed E-state index contributed by atoms with van der Waals surface area (Å²) in [5, 5.41) is 12.9. The minimum absolute atomic E-state index is 0.302. The van der Waals surface area contributed by atoms with Crippen molar-refractivity contribution in [2.45, 2.75) is 53.0 Å². The van der Waals surface area contributed by atoms with Gasteiger partial charge in [0.15, 0.2) is 5.11 Å². The maximum Gasteiger partial charge on any atom is 0.341 e. The average molecular weight is 455 g/mol. The number of esters is 1. The van der Waals surface area contributed by atoms with Crippen molar-refractivity contribution in [3.05, 3.63) is 32.4 Å². The Morgan fingerprint density at radius 3 is 2.86 bits per heavy atom. The molecular weight excluding hydrogens is 428 g/mol. The number of ether oxygens (including phenoxy) is 1. The van der Waals surface area contributed by atoms with Gasteiger partial charge < -0.3 is 15.4 Å². The molecule has 0 aromatic carbocycles. The molecule has 6 nitrogen and oxygen atoms in total. The van der Waals surface area contributed by atoms with Gasteiger partial charge in [-0.3, -0.25) is 4.68 Å². The second-order valence-corrected chi connectivity index (χ2v) is 9.38. The number of hydrogen-bond donors (Lipinski definition) is 2. The van der Waals surface area contributed by atoms with Crippen LogP contribution < -0.4 is 10.6 Å². The number of rotatable bonds is 6. The lowest BCUT2D eigenvalue weighted by Gasteiger charge is -2.18. The summed E-state index contributed by atoms with van der Waals surface area (Å²) >= 11 is 13.3. The van der Waals surface area contributed by atoms with E-state index in [1.54, 1.807) is 11.3 Å². The second-order valence-electron chi connectivity index (χ2n) is 7.49. The van der Waals surface area contributed by atoms with Gasteiger partial charge in [-0.15, -0.1) is 11.3 Å². The monoisotopic (exact) mass is 454 g/mol. The van der Waals surface area contributed by atoms with Gasteiger partial charge in [-0.25, -0.2) is 4.79 Å². The Bertz CT molecular complexity index is 922. The first-order valence-corrected chi connectivity index (χ1v) is 11.4. The molecule has 0 radical (unpaired) electrons. The lowest BCUT2D eigenvalue weighted by Crippen LogP contribution is -2.30. The number of nitrogens with one attached hydrogen (secondary N) is 2. The molecule has 0 bridgehead atoms. The third kappa shape index (κ3) is 4.92. The summed E-state index contributed by atoms with van der Waals surface area (Å²) in [5.41, 5.74) is 3.58. The van der Waals surface area contributed by atoms with Crippen molar-refractivity contribution in [3.8, 4) is 0 Å². The fourth-order valence-corrected chi connectivity index (χ4v) is 5.44. The van der Waals surface area contributed by atoms with Gasteiger partial charge >= 0.3 is 5.97 Å². The summed E-state index contributed by atoms with van der Waals surface area (Å²) in [7, 11) is 1.42. The first-order valence-electron chi connectivity index (χ1n) is 9.79. The third-order valence-electron chi connectivity index (χ3n) is 5.25. The highest BCUT2D eigenvalue weighted by molar-refractivity contribution is 7.80. The molecule has 0 amide bonds. The van der Waals surface area contributed by atoms with Crippen LogP contribution in [0.25, 0.3) is 0 Å². The molecule has 0 saturated carbocycles. The number of thiocarbonyl (C=S) groups is 1. The van der Waals surface area contributed by atoms with E-state index in [9.17, 15) is 4.79 Å². The number of aryl methyl sites for hydroxylation is 2. The van der Waals surface area contributed by atoms with Crippen LogP contribution in [-0.2, 0) is 24.1 Å². The molecule has 2 heterocycles. The molecule has 158 valence electrons. The van der Waals surface area contributed by atoms with E-state index < -0.39 is 0 Å². The minimum Gasteiger partial charge on any atom is -0.465 e. The van der Waals surface area contributed by atoms with Gasteiger partial charge in [0.1, 0.15) is 5.00 Å². The second kappa shape index (κ2) is 9.45. The molecule has 3 rings (SSSR count). The summed E-state index contributed by atoms with van der Waals surface area (Å²) in [6.07, 6.45) is 3.84. The van der Waals surface area contributed by atoms with Crippen molar-refractivity contribution in [1.82, 2.24) is 15.1 Å². The van der Waals surface area contributed by atoms with Gasteiger partial charge in [0.2, 0.25) is 0 Å². The maximum absolute atomic E-state index is 12.4. The Labute approximate surface area is 186 Å². The molecule has 0 aliphatic heterocycles. The highest BCUT2D eigenvalue weighted by Crippen LogP contribution is 2.40. The van der Waals surface area contributed by atoms with E-state index in [1.807, 2.05) is 18.5 Å². The number of thiophene rings is 1. The minimum atomic E-state index is -0.302. The summed E-state index contributed by atoms with van der Waals surface area (Å²) in [5.74, 6) is 0.330. The standard InChI is InChI=1S/C20H27ClN4O2S2/c1-11-6-7-14-15(10-11)29-18(16(14)19(26)27-4)23-20(28)22-8-5-9-25-13(3)17(21)12(2)24-25/h11H,5-10H2,1-4H3,(H2,22,23,28). The van der Waals surface area contributed by atoms with E-state index in [0.29, 0.717) is 23.1 Å². The first kappa shape index (κ1) is 22.1. The van der Waals surface area contributed by atoms with E-state index >= 15 is 0 Å². The van der Waals surface area contributed by atoms with Crippen molar-refractivity contribution < 1.29 is 9.53 Å². The Balaban J connectivity index is 1.59. The molecular formula is C20H27ClN4O2S2. The van der Waals surface area contributed by atoms with Gasteiger partial charge in [0.05, 0.1) is 29.1 Å². The van der Waals surface area contributed by atoms with Crippen molar-refractivity contribution in [2.24, 2.45) is 5.92 Å². The zero-order valence-corrected chi connectivity index (χ0v) is 19.6. The van der Waals surface area contributed by atoms with Crippen molar-refractivity contribution in [1.29, 1.82) is 0 Å². The molecule has 0 fully saturated rings. The predicted octanol–water partition coefficient (Wildman–Crippen LogP) is 4.50. The van der Waals surface area contributed by atoms with Crippen LogP contribution in [0.5, 0.6) is 0 Å². The first-order chi connectivity index (χ1) is 13.8. The number of hydrogen-bond acceptors (Lipinski definition) is 5. The average Bonchev–Trinajstić information content (AvgIpc) is 3.15. The molecule has 2 aromatic heterocycles. The number of carbonyl (C=O) groups excluding carboxylic acids is 1. The van der Waals surface area contributed by atoms with E-state index in [4.69, 9.17) is 28.6 Å². The van der Waals surface area contributed by atoms with Crippen LogP contribution in [0.4, 0.5) is 5.00 Å². The van der Waals surface area contributed by atoms with Crippen LogP contribution in [0.2, 0.25) is 5.02 Å². The van der Waals surface area contributed by atoms with Crippen LogP contribution in [0.15, 0.2) is 0 Å².